The molecule has 0 saturated carbocycles. The van der Waals surface area contributed by atoms with Crippen molar-refractivity contribution in [3.63, 3.8) is 0 Å². The van der Waals surface area contributed by atoms with Gasteiger partial charge in [-0.15, -0.1) is 0 Å². The summed E-state index contributed by atoms with van der Waals surface area (Å²) in [6.45, 7) is 2.13. The maximum Gasteiger partial charge on any atom is -0.00575 e. The van der Waals surface area contributed by atoms with Gasteiger partial charge in [-0.25, -0.2) is 0 Å². The van der Waals surface area contributed by atoms with Crippen molar-refractivity contribution in [2.45, 2.75) is 19.8 Å². The highest BCUT2D eigenvalue weighted by atomic mass is 32.1. The highest BCUT2D eigenvalue weighted by molar-refractivity contribution is 7.79. The molecular weight excluding hydrogens is 92.1 g/mol. The Hall–Kier alpha value is 0.0900. The lowest BCUT2D eigenvalue weighted by molar-refractivity contribution is 0.938. The number of thiocarbonyl (C=S) groups is 1. The van der Waals surface area contributed by atoms with Crippen LogP contribution in [0.15, 0.2) is 0 Å². The van der Waals surface area contributed by atoms with Crippen LogP contribution in [-0.4, -0.2) is 5.37 Å². The standard InChI is InChI=1S/C5H9S/c1-2-3-4-5-6/h4-5H,2-3H2,1H3. The lowest BCUT2D eigenvalue weighted by Gasteiger charge is -1.80. The van der Waals surface area contributed by atoms with Crippen LogP contribution >= 0.6 is 12.2 Å². The molecule has 0 aliphatic carbocycles. The maximum atomic E-state index is 4.54. The predicted molar refractivity (Wildman–Crippen MR) is 32.9 cm³/mol. The van der Waals surface area contributed by atoms with Crippen LogP contribution < -0.4 is 0 Å². The molecule has 6 heavy (non-hydrogen) atoms. The quantitative estimate of drug-likeness (QED) is 0.387. The molecule has 0 fully saturated rings. The fourth-order valence-electron chi connectivity index (χ4n) is 0.235. The molecule has 0 heterocycles. The molecule has 0 spiro atoms. The minimum Gasteiger partial charge on any atom is -0.0932 e. The normalized spacial score (nSPS) is 8.17. The summed E-state index contributed by atoms with van der Waals surface area (Å²) in [6.07, 6.45) is 4.33. The van der Waals surface area contributed by atoms with Gasteiger partial charge < -0.3 is 0 Å². The van der Waals surface area contributed by atoms with E-state index in [9.17, 15) is 0 Å². The Bertz CT molecular complexity index is 32.9. The van der Waals surface area contributed by atoms with Crippen molar-refractivity contribution >= 4 is 17.6 Å². The summed E-state index contributed by atoms with van der Waals surface area (Å²) in [5.74, 6) is 0. The Morgan fingerprint density at radius 2 is 2.33 bits per heavy atom. The fourth-order valence-corrected chi connectivity index (χ4v) is 0.371. The van der Waals surface area contributed by atoms with Gasteiger partial charge in [-0.1, -0.05) is 25.6 Å². The zero-order valence-corrected chi connectivity index (χ0v) is 4.79. The van der Waals surface area contributed by atoms with Gasteiger partial charge >= 0.3 is 0 Å². The first-order valence-electron chi connectivity index (χ1n) is 2.18. The molecule has 0 atom stereocenters. The molecule has 0 N–H and O–H groups in total. The van der Waals surface area contributed by atoms with E-state index in [4.69, 9.17) is 0 Å². The van der Waals surface area contributed by atoms with Gasteiger partial charge in [0.2, 0.25) is 0 Å². The van der Waals surface area contributed by atoms with Crippen molar-refractivity contribution in [1.29, 1.82) is 0 Å². The fraction of sp³-hybridized carbons (Fsp3) is 0.600. The first-order valence-corrected chi connectivity index (χ1v) is 2.66. The summed E-state index contributed by atoms with van der Waals surface area (Å²) in [5, 5.41) is 1.67. The van der Waals surface area contributed by atoms with E-state index in [0.29, 0.717) is 0 Å². The number of hydrogen-bond acceptors (Lipinski definition) is 1. The van der Waals surface area contributed by atoms with Crippen molar-refractivity contribution in [2.75, 3.05) is 0 Å². The highest BCUT2D eigenvalue weighted by Crippen LogP contribution is 1.86. The average molecular weight is 101 g/mol. The Balaban J connectivity index is 2.49. The van der Waals surface area contributed by atoms with Crippen molar-refractivity contribution in [1.82, 2.24) is 0 Å². The van der Waals surface area contributed by atoms with Crippen LogP contribution in [-0.2, 0) is 0 Å². The van der Waals surface area contributed by atoms with Gasteiger partial charge in [0.05, 0.1) is 0 Å². The minimum absolute atomic E-state index is 1.13. The summed E-state index contributed by atoms with van der Waals surface area (Å²) in [4.78, 5) is 0. The Morgan fingerprint density at radius 3 is 2.50 bits per heavy atom. The largest absolute Gasteiger partial charge is 0.0932 e. The van der Waals surface area contributed by atoms with Crippen LogP contribution in [0.4, 0.5) is 0 Å². The highest BCUT2D eigenvalue weighted by Gasteiger charge is 1.73. The summed E-state index contributed by atoms with van der Waals surface area (Å²) >= 11 is 4.54. The number of unbranched alkanes of at least 4 members (excludes halogenated alkanes) is 2. The van der Waals surface area contributed by atoms with E-state index in [1.54, 1.807) is 5.37 Å². The van der Waals surface area contributed by atoms with Gasteiger partial charge in [0.25, 0.3) is 0 Å². The predicted octanol–water partition coefficient (Wildman–Crippen LogP) is 1.99. The second kappa shape index (κ2) is 5.09. The number of rotatable bonds is 3. The van der Waals surface area contributed by atoms with Crippen LogP contribution in [0.1, 0.15) is 19.8 Å². The van der Waals surface area contributed by atoms with E-state index in [1.807, 2.05) is 6.42 Å². The first kappa shape index (κ1) is 6.09. The van der Waals surface area contributed by atoms with Crippen LogP contribution in [0.25, 0.3) is 0 Å². The summed E-state index contributed by atoms with van der Waals surface area (Å²) in [5.41, 5.74) is 0. The number of hydrogen-bond donors (Lipinski definition) is 0. The molecule has 0 amide bonds. The zero-order valence-electron chi connectivity index (χ0n) is 3.98. The topological polar surface area (TPSA) is 0 Å². The van der Waals surface area contributed by atoms with Gasteiger partial charge in [0, 0.05) is 0 Å². The Morgan fingerprint density at radius 1 is 1.67 bits per heavy atom. The SMILES string of the molecule is CCC[CH]C=S. The van der Waals surface area contributed by atoms with Gasteiger partial charge in [-0.05, 0) is 18.2 Å². The lowest BCUT2D eigenvalue weighted by Crippen LogP contribution is -1.69. The molecule has 0 bridgehead atoms. The summed E-state index contributed by atoms with van der Waals surface area (Å²) in [7, 11) is 0. The van der Waals surface area contributed by atoms with Crippen molar-refractivity contribution < 1.29 is 0 Å². The molecule has 0 aromatic carbocycles. The van der Waals surface area contributed by atoms with Crippen LogP contribution in [0, 0.1) is 6.42 Å². The van der Waals surface area contributed by atoms with Crippen LogP contribution in [0.2, 0.25) is 0 Å². The van der Waals surface area contributed by atoms with Gasteiger partial charge in [0.1, 0.15) is 0 Å². The lowest BCUT2D eigenvalue weighted by atomic mass is 10.3. The third kappa shape index (κ3) is 4.09. The monoisotopic (exact) mass is 101 g/mol. The molecule has 0 aromatic heterocycles. The third-order valence-corrected chi connectivity index (χ3v) is 0.744. The molecule has 0 aliphatic rings. The smallest absolute Gasteiger partial charge is 0.00575 e. The van der Waals surface area contributed by atoms with E-state index < -0.39 is 0 Å². The van der Waals surface area contributed by atoms with E-state index in [2.05, 4.69) is 19.1 Å². The maximum absolute atomic E-state index is 4.54. The molecule has 0 unspecified atom stereocenters. The molecule has 1 heteroatoms. The second-order valence-electron chi connectivity index (χ2n) is 1.16. The first-order chi connectivity index (χ1) is 2.91. The Kier molecular flexibility index (Phi) is 5.17. The summed E-state index contributed by atoms with van der Waals surface area (Å²) in [6, 6.07) is 0. The third-order valence-electron chi connectivity index (χ3n) is 0.552. The van der Waals surface area contributed by atoms with Crippen molar-refractivity contribution in [3.8, 4) is 0 Å². The van der Waals surface area contributed by atoms with E-state index in [0.717, 1.165) is 6.42 Å². The van der Waals surface area contributed by atoms with Crippen molar-refractivity contribution in [2.24, 2.45) is 0 Å². The zero-order chi connectivity index (χ0) is 4.83. The molecule has 0 rings (SSSR count). The molecule has 0 aliphatic heterocycles. The molecule has 0 aromatic rings. The van der Waals surface area contributed by atoms with Crippen LogP contribution in [0.3, 0.4) is 0 Å². The molecule has 0 saturated heterocycles. The van der Waals surface area contributed by atoms with E-state index in [-0.39, 0.29) is 0 Å². The van der Waals surface area contributed by atoms with E-state index in [1.165, 1.54) is 6.42 Å². The van der Waals surface area contributed by atoms with Gasteiger partial charge in [-0.3, -0.25) is 0 Å². The summed E-state index contributed by atoms with van der Waals surface area (Å²) < 4.78 is 0. The van der Waals surface area contributed by atoms with E-state index >= 15 is 0 Å². The van der Waals surface area contributed by atoms with Gasteiger partial charge in [0.15, 0.2) is 0 Å². The second-order valence-corrected chi connectivity index (χ2v) is 1.43. The minimum atomic E-state index is 1.13. The average Bonchev–Trinajstić information content (AvgIpc) is 1.61. The van der Waals surface area contributed by atoms with Crippen LogP contribution in [0.5, 0.6) is 0 Å². The molecule has 35 valence electrons. The van der Waals surface area contributed by atoms with Crippen molar-refractivity contribution in [3.05, 3.63) is 6.42 Å². The van der Waals surface area contributed by atoms with Gasteiger partial charge in [-0.2, -0.15) is 0 Å². The molecule has 0 nitrogen and oxygen atoms in total. The molecule has 1 radical (unpaired) electrons. The Labute approximate surface area is 44.6 Å². The molecular formula is C5H9S.